The van der Waals surface area contributed by atoms with Gasteiger partial charge in [0, 0.05) is 18.2 Å². The molecule has 3 amide bonds. The highest BCUT2D eigenvalue weighted by molar-refractivity contribution is 5.92. The van der Waals surface area contributed by atoms with Crippen molar-refractivity contribution < 1.29 is 24.2 Å². The summed E-state index contributed by atoms with van der Waals surface area (Å²) in [7, 11) is 0. The molecule has 3 N–H and O–H groups in total. The van der Waals surface area contributed by atoms with Crippen molar-refractivity contribution in [2.24, 2.45) is 5.92 Å². The molecule has 0 aliphatic carbocycles. The average molecular weight is 464 g/mol. The number of nitrogens with zero attached hydrogens (tertiary/aromatic N) is 1. The van der Waals surface area contributed by atoms with Gasteiger partial charge in [0.15, 0.2) is 0 Å². The first kappa shape index (κ1) is 28.3. The van der Waals surface area contributed by atoms with E-state index in [1.165, 1.54) is 4.90 Å². The minimum Gasteiger partial charge on any atom is -0.507 e. The lowest BCUT2D eigenvalue weighted by atomic mass is 9.97. The number of carbonyl (C=O) groups is 3. The Morgan fingerprint density at radius 1 is 1.09 bits per heavy atom. The molecule has 0 fully saturated rings. The second-order valence-electron chi connectivity index (χ2n) is 10.0. The number of hydrogen-bond acceptors (Lipinski definition) is 5. The summed E-state index contributed by atoms with van der Waals surface area (Å²) in [6.45, 7) is 16.5. The van der Waals surface area contributed by atoms with Gasteiger partial charge in [-0.15, -0.1) is 0 Å². The Bertz CT molecular complexity index is 830. The maximum atomic E-state index is 13.7. The van der Waals surface area contributed by atoms with Gasteiger partial charge in [0.2, 0.25) is 11.8 Å². The van der Waals surface area contributed by atoms with Gasteiger partial charge in [-0.3, -0.25) is 9.59 Å². The Hall–Kier alpha value is -2.77. The molecule has 2 unspecified atom stereocenters. The van der Waals surface area contributed by atoms with Gasteiger partial charge in [0.1, 0.15) is 23.4 Å². The number of aromatic hydroxyl groups is 1. The topological polar surface area (TPSA) is 108 Å². The van der Waals surface area contributed by atoms with Crippen molar-refractivity contribution in [2.45, 2.75) is 92.5 Å². The average Bonchev–Trinajstić information content (AvgIpc) is 2.65. The van der Waals surface area contributed by atoms with E-state index < -0.39 is 35.6 Å². The standard InChI is InChI=1S/C25H41N3O5/c1-10-28(23(31)19(14-15(2)3)27-24(32)33-25(7,8)9)20(22(30)26-16(4)5)18-13-11-12-17(6)21(18)29/h11-13,15-16,19-20,29H,10,14H2,1-9H3,(H,26,30)(H,27,32). The number of para-hydroxylation sites is 1. The van der Waals surface area contributed by atoms with Crippen molar-refractivity contribution in [1.82, 2.24) is 15.5 Å². The smallest absolute Gasteiger partial charge is 0.408 e. The summed E-state index contributed by atoms with van der Waals surface area (Å²) in [4.78, 5) is 40.8. The number of ether oxygens (including phenoxy) is 1. The van der Waals surface area contributed by atoms with Crippen LogP contribution in [0.15, 0.2) is 18.2 Å². The van der Waals surface area contributed by atoms with Crippen LogP contribution in [0.4, 0.5) is 4.79 Å². The fourth-order valence-electron chi connectivity index (χ4n) is 3.52. The predicted molar refractivity (Wildman–Crippen MR) is 129 cm³/mol. The van der Waals surface area contributed by atoms with E-state index in [1.807, 2.05) is 27.7 Å². The molecule has 1 aromatic carbocycles. The van der Waals surface area contributed by atoms with Crippen LogP contribution in [-0.4, -0.2) is 52.1 Å². The molecule has 8 nitrogen and oxygen atoms in total. The van der Waals surface area contributed by atoms with Gasteiger partial charge in [0.05, 0.1) is 0 Å². The third-order valence-corrected chi connectivity index (χ3v) is 4.87. The van der Waals surface area contributed by atoms with E-state index in [0.717, 1.165) is 0 Å². The largest absolute Gasteiger partial charge is 0.507 e. The Kier molecular flexibility index (Phi) is 10.2. The van der Waals surface area contributed by atoms with E-state index in [-0.39, 0.29) is 24.3 Å². The summed E-state index contributed by atoms with van der Waals surface area (Å²) >= 11 is 0. The molecule has 0 bridgehead atoms. The first-order valence-corrected chi connectivity index (χ1v) is 11.6. The third-order valence-electron chi connectivity index (χ3n) is 4.87. The van der Waals surface area contributed by atoms with E-state index in [1.54, 1.807) is 52.8 Å². The van der Waals surface area contributed by atoms with Crippen molar-refractivity contribution in [3.8, 4) is 5.75 Å². The van der Waals surface area contributed by atoms with Crippen LogP contribution in [0.5, 0.6) is 5.75 Å². The lowest BCUT2D eigenvalue weighted by Gasteiger charge is -2.35. The Labute approximate surface area is 198 Å². The number of amides is 3. The monoisotopic (exact) mass is 463 g/mol. The van der Waals surface area contributed by atoms with Crippen molar-refractivity contribution in [2.75, 3.05) is 6.54 Å². The van der Waals surface area contributed by atoms with Gasteiger partial charge in [-0.1, -0.05) is 32.0 Å². The van der Waals surface area contributed by atoms with Crippen molar-refractivity contribution >= 4 is 17.9 Å². The molecule has 0 heterocycles. The van der Waals surface area contributed by atoms with Gasteiger partial charge in [-0.2, -0.15) is 0 Å². The SMILES string of the molecule is CCN(C(=O)C(CC(C)C)NC(=O)OC(C)(C)C)C(C(=O)NC(C)C)c1cccc(C)c1O. The van der Waals surface area contributed by atoms with Gasteiger partial charge in [0.25, 0.3) is 0 Å². The molecule has 0 spiro atoms. The highest BCUT2D eigenvalue weighted by atomic mass is 16.6. The summed E-state index contributed by atoms with van der Waals surface area (Å²) < 4.78 is 5.35. The summed E-state index contributed by atoms with van der Waals surface area (Å²) in [6.07, 6.45) is -0.327. The molecule has 0 aromatic heterocycles. The normalized spacial score (nSPS) is 13.4. The minimum atomic E-state index is -1.06. The lowest BCUT2D eigenvalue weighted by molar-refractivity contribution is -0.142. The zero-order valence-corrected chi connectivity index (χ0v) is 21.5. The molecule has 0 aliphatic rings. The number of phenols is 1. The van der Waals surface area contributed by atoms with Crippen LogP contribution < -0.4 is 10.6 Å². The summed E-state index contributed by atoms with van der Waals surface area (Å²) in [5.41, 5.74) is 0.223. The second kappa shape index (κ2) is 11.9. The number of likely N-dealkylation sites (N-methyl/N-ethyl adjacent to an activating group) is 1. The van der Waals surface area contributed by atoms with Crippen molar-refractivity contribution in [3.63, 3.8) is 0 Å². The van der Waals surface area contributed by atoms with Gasteiger partial charge in [-0.05, 0) is 66.4 Å². The second-order valence-corrected chi connectivity index (χ2v) is 10.0. The molecule has 0 saturated carbocycles. The van der Waals surface area contributed by atoms with Crippen LogP contribution in [0, 0.1) is 12.8 Å². The Morgan fingerprint density at radius 3 is 2.18 bits per heavy atom. The molecule has 8 heteroatoms. The molecule has 186 valence electrons. The number of alkyl carbamates (subject to hydrolysis) is 1. The van der Waals surface area contributed by atoms with E-state index in [2.05, 4.69) is 10.6 Å². The van der Waals surface area contributed by atoms with Crippen LogP contribution >= 0.6 is 0 Å². The molecular formula is C25H41N3O5. The predicted octanol–water partition coefficient (Wildman–Crippen LogP) is 4.05. The number of phenolic OH excluding ortho intramolecular Hbond substituents is 1. The molecular weight excluding hydrogens is 422 g/mol. The van der Waals surface area contributed by atoms with Gasteiger partial charge in [-0.25, -0.2) is 4.79 Å². The zero-order valence-electron chi connectivity index (χ0n) is 21.5. The highest BCUT2D eigenvalue weighted by Crippen LogP contribution is 2.32. The van der Waals surface area contributed by atoms with E-state index >= 15 is 0 Å². The van der Waals surface area contributed by atoms with Crippen molar-refractivity contribution in [3.05, 3.63) is 29.3 Å². The summed E-state index contributed by atoms with van der Waals surface area (Å²) in [6, 6.07) is 3.01. The molecule has 0 aliphatic heterocycles. The fraction of sp³-hybridized carbons (Fsp3) is 0.640. The van der Waals surface area contributed by atoms with E-state index in [9.17, 15) is 19.5 Å². The Morgan fingerprint density at radius 2 is 1.70 bits per heavy atom. The Balaban J connectivity index is 3.42. The first-order valence-electron chi connectivity index (χ1n) is 11.6. The number of carbonyl (C=O) groups excluding carboxylic acids is 3. The number of benzene rings is 1. The van der Waals surface area contributed by atoms with Crippen molar-refractivity contribution in [1.29, 1.82) is 0 Å². The van der Waals surface area contributed by atoms with Gasteiger partial charge < -0.3 is 25.4 Å². The molecule has 33 heavy (non-hydrogen) atoms. The molecule has 0 radical (unpaired) electrons. The minimum absolute atomic E-state index is 0.0341. The van der Waals surface area contributed by atoms with Crippen LogP contribution in [0.25, 0.3) is 0 Å². The lowest BCUT2D eigenvalue weighted by Crippen LogP contribution is -2.53. The molecule has 0 saturated heterocycles. The van der Waals surface area contributed by atoms with E-state index in [4.69, 9.17) is 4.74 Å². The molecule has 1 rings (SSSR count). The number of nitrogens with one attached hydrogen (secondary N) is 2. The number of aryl methyl sites for hydroxylation is 1. The summed E-state index contributed by atoms with van der Waals surface area (Å²) in [5, 5.41) is 16.3. The summed E-state index contributed by atoms with van der Waals surface area (Å²) in [5.74, 6) is -0.750. The number of rotatable bonds is 9. The highest BCUT2D eigenvalue weighted by Gasteiger charge is 2.37. The molecule has 2 atom stereocenters. The van der Waals surface area contributed by atoms with E-state index in [0.29, 0.717) is 17.5 Å². The zero-order chi connectivity index (χ0) is 25.5. The number of hydrogen-bond donors (Lipinski definition) is 3. The third kappa shape index (κ3) is 8.59. The maximum absolute atomic E-state index is 13.7. The van der Waals surface area contributed by atoms with Gasteiger partial charge >= 0.3 is 6.09 Å². The van der Waals surface area contributed by atoms with Crippen LogP contribution in [0.2, 0.25) is 0 Å². The van der Waals surface area contributed by atoms with Crippen LogP contribution in [0.1, 0.15) is 79.0 Å². The quantitative estimate of drug-likeness (QED) is 0.512. The fourth-order valence-corrected chi connectivity index (χ4v) is 3.52. The maximum Gasteiger partial charge on any atom is 0.408 e. The first-order chi connectivity index (χ1) is 15.2. The molecule has 1 aromatic rings. The van der Waals surface area contributed by atoms with Crippen LogP contribution in [-0.2, 0) is 14.3 Å². The van der Waals surface area contributed by atoms with Crippen LogP contribution in [0.3, 0.4) is 0 Å².